The molecule has 0 spiro atoms. The number of aliphatic imine (C=N–C) groups is 1. The smallest absolute Gasteiger partial charge is 0.343 e. The number of carbonyl (C=O) groups excluding carboxylic acids is 2. The number of pyridine rings is 1. The molecule has 1 aromatic carbocycles. The molecule has 2 amide bonds. The number of hydrogen-bond acceptors (Lipinski definition) is 5. The number of hydrogen-bond donors (Lipinski definition) is 1. The van der Waals surface area contributed by atoms with Crippen molar-refractivity contribution >= 4 is 24.0 Å². The molecule has 7 nitrogen and oxygen atoms in total. The van der Waals surface area contributed by atoms with E-state index in [1.807, 2.05) is 56.3 Å². The normalized spacial score (nSPS) is 17.0. The number of anilines is 1. The summed E-state index contributed by atoms with van der Waals surface area (Å²) >= 11 is 0. The number of amides is 2. The number of nitrogens with one attached hydrogen (secondary N) is 1. The molecule has 0 radical (unpaired) electrons. The molecule has 2 heterocycles. The van der Waals surface area contributed by atoms with Gasteiger partial charge in [-0.3, -0.25) is 4.79 Å². The van der Waals surface area contributed by atoms with Crippen LogP contribution in [0.2, 0.25) is 0 Å². The van der Waals surface area contributed by atoms with E-state index in [1.54, 1.807) is 17.3 Å². The van der Waals surface area contributed by atoms with Crippen molar-refractivity contribution in [2.24, 2.45) is 4.99 Å². The van der Waals surface area contributed by atoms with Gasteiger partial charge in [-0.2, -0.15) is 0 Å². The summed E-state index contributed by atoms with van der Waals surface area (Å²) in [6.45, 7) is 5.25. The van der Waals surface area contributed by atoms with Crippen LogP contribution < -0.4 is 5.32 Å². The van der Waals surface area contributed by atoms with Crippen LogP contribution in [0.15, 0.2) is 53.7 Å². The van der Waals surface area contributed by atoms with Gasteiger partial charge in [0.15, 0.2) is 0 Å². The first kappa shape index (κ1) is 22.5. The number of carbonyl (C=O) groups is 2. The third-order valence-corrected chi connectivity index (χ3v) is 5.31. The van der Waals surface area contributed by atoms with E-state index in [0.717, 1.165) is 16.9 Å². The second kappa shape index (κ2) is 11.2. The van der Waals surface area contributed by atoms with Gasteiger partial charge in [-0.15, -0.1) is 0 Å². The number of ether oxygens (including phenoxy) is 1. The van der Waals surface area contributed by atoms with Crippen molar-refractivity contribution < 1.29 is 14.3 Å². The predicted molar refractivity (Wildman–Crippen MR) is 121 cm³/mol. The highest BCUT2D eigenvalue weighted by molar-refractivity contribution is 5.84. The highest BCUT2D eigenvalue weighted by Gasteiger charge is 2.26. The minimum Gasteiger partial charge on any atom is -0.466 e. The van der Waals surface area contributed by atoms with Crippen molar-refractivity contribution in [1.82, 2.24) is 9.88 Å². The van der Waals surface area contributed by atoms with E-state index >= 15 is 0 Å². The molecule has 0 bridgehead atoms. The van der Waals surface area contributed by atoms with E-state index in [4.69, 9.17) is 4.74 Å². The largest absolute Gasteiger partial charge is 0.466 e. The van der Waals surface area contributed by atoms with E-state index in [1.165, 1.54) is 0 Å². The van der Waals surface area contributed by atoms with Gasteiger partial charge >= 0.3 is 12.0 Å². The summed E-state index contributed by atoms with van der Waals surface area (Å²) in [5, 5.41) is 3.28. The van der Waals surface area contributed by atoms with Gasteiger partial charge in [-0.05, 0) is 49.4 Å². The van der Waals surface area contributed by atoms with Crippen molar-refractivity contribution in [3.63, 3.8) is 0 Å². The van der Waals surface area contributed by atoms with Crippen LogP contribution in [0.3, 0.4) is 0 Å². The molecular weight excluding hydrogens is 392 g/mol. The van der Waals surface area contributed by atoms with Gasteiger partial charge in [0.05, 0.1) is 13.0 Å². The Morgan fingerprint density at radius 3 is 2.87 bits per heavy atom. The Bertz CT molecular complexity index is 901. The molecule has 1 aromatic heterocycles. The molecule has 0 saturated heterocycles. The van der Waals surface area contributed by atoms with Gasteiger partial charge in [0.2, 0.25) is 0 Å². The number of fused-ring (bicyclic) bond motifs is 1. The van der Waals surface area contributed by atoms with Gasteiger partial charge in [0.1, 0.15) is 5.82 Å². The topological polar surface area (TPSA) is 83.9 Å². The van der Waals surface area contributed by atoms with Crippen molar-refractivity contribution in [1.29, 1.82) is 0 Å². The number of rotatable bonds is 7. The first-order valence-corrected chi connectivity index (χ1v) is 10.8. The number of aromatic nitrogens is 1. The van der Waals surface area contributed by atoms with E-state index in [-0.39, 0.29) is 24.0 Å². The Morgan fingerprint density at radius 2 is 2.10 bits per heavy atom. The van der Waals surface area contributed by atoms with Gasteiger partial charge < -0.3 is 15.0 Å². The Morgan fingerprint density at radius 1 is 1.29 bits per heavy atom. The molecule has 1 N–H and O–H groups in total. The molecule has 1 aliphatic rings. The zero-order chi connectivity index (χ0) is 22.1. The van der Waals surface area contributed by atoms with Crippen molar-refractivity contribution in [3.05, 3.63) is 59.8 Å². The van der Waals surface area contributed by atoms with E-state index < -0.39 is 0 Å². The monoisotopic (exact) mass is 422 g/mol. The van der Waals surface area contributed by atoms with Crippen molar-refractivity contribution in [2.75, 3.05) is 18.5 Å². The van der Waals surface area contributed by atoms with E-state index in [9.17, 15) is 9.59 Å². The zero-order valence-corrected chi connectivity index (χ0v) is 18.2. The standard InChI is InChI=1S/C24H30N4O3/c1-3-31-23(29)16-19-12-15-28(17-20-8-4-5-9-21(19)20)24(30)26-14-11-18(2)27-22-10-6-7-13-25-22/h4-10,13-14,18-19H,3,11-12,15-17H2,1-2H3,(H,25,27). The van der Waals surface area contributed by atoms with Crippen LogP contribution in [0, 0.1) is 0 Å². The molecule has 31 heavy (non-hydrogen) atoms. The Labute approximate surface area is 183 Å². The quantitative estimate of drug-likeness (QED) is 0.528. The maximum absolute atomic E-state index is 12.7. The number of nitrogens with zero attached hydrogens (tertiary/aromatic N) is 3. The SMILES string of the molecule is CCOC(=O)CC1CCN(C(=O)N=CCC(C)Nc2ccccn2)Cc2ccccc21. The summed E-state index contributed by atoms with van der Waals surface area (Å²) in [5.74, 6) is 0.639. The van der Waals surface area contributed by atoms with Crippen LogP contribution in [-0.4, -0.2) is 47.3 Å². The van der Waals surface area contributed by atoms with Crippen molar-refractivity contribution in [2.45, 2.75) is 51.6 Å². The van der Waals surface area contributed by atoms with E-state index in [0.29, 0.717) is 39.0 Å². The van der Waals surface area contributed by atoms with Gasteiger partial charge in [0.25, 0.3) is 0 Å². The summed E-state index contributed by atoms with van der Waals surface area (Å²) in [4.78, 5) is 34.9. The molecule has 2 atom stereocenters. The molecule has 0 fully saturated rings. The van der Waals surface area contributed by atoms with E-state index in [2.05, 4.69) is 15.3 Å². The van der Waals surface area contributed by atoms with Gasteiger partial charge in [-0.25, -0.2) is 14.8 Å². The fourth-order valence-electron chi connectivity index (χ4n) is 3.75. The maximum Gasteiger partial charge on any atom is 0.343 e. The average Bonchev–Trinajstić information content (AvgIpc) is 2.94. The van der Waals surface area contributed by atoms with Gasteiger partial charge in [-0.1, -0.05) is 30.3 Å². The lowest BCUT2D eigenvalue weighted by Gasteiger charge is -2.18. The fraction of sp³-hybridized carbons (Fsp3) is 0.417. The fourth-order valence-corrected chi connectivity index (χ4v) is 3.75. The number of urea groups is 1. The Balaban J connectivity index is 1.59. The molecular formula is C24H30N4O3. The highest BCUT2D eigenvalue weighted by Crippen LogP contribution is 2.31. The third-order valence-electron chi connectivity index (χ3n) is 5.31. The van der Waals surface area contributed by atoms with Crippen LogP contribution >= 0.6 is 0 Å². The van der Waals surface area contributed by atoms with Gasteiger partial charge in [0, 0.05) is 38.0 Å². The highest BCUT2D eigenvalue weighted by atomic mass is 16.5. The lowest BCUT2D eigenvalue weighted by molar-refractivity contribution is -0.143. The third kappa shape index (κ3) is 6.64. The Hall–Kier alpha value is -3.22. The first-order valence-electron chi connectivity index (χ1n) is 10.8. The number of esters is 1. The van der Waals surface area contributed by atoms with Crippen molar-refractivity contribution in [3.8, 4) is 0 Å². The average molecular weight is 423 g/mol. The first-order chi connectivity index (χ1) is 15.1. The zero-order valence-electron chi connectivity index (χ0n) is 18.2. The summed E-state index contributed by atoms with van der Waals surface area (Å²) in [6, 6.07) is 13.5. The molecule has 3 rings (SSSR count). The van der Waals surface area contributed by atoms with Crippen LogP contribution in [0.4, 0.5) is 10.6 Å². The molecule has 2 aromatic rings. The summed E-state index contributed by atoms with van der Waals surface area (Å²) < 4.78 is 5.14. The Kier molecular flexibility index (Phi) is 8.15. The van der Waals surface area contributed by atoms with Crippen LogP contribution in [-0.2, 0) is 16.1 Å². The van der Waals surface area contributed by atoms with Crippen LogP contribution in [0.1, 0.15) is 50.2 Å². The molecule has 0 aliphatic carbocycles. The lowest BCUT2D eigenvalue weighted by atomic mass is 9.90. The lowest BCUT2D eigenvalue weighted by Crippen LogP contribution is -2.28. The second-order valence-electron chi connectivity index (χ2n) is 7.71. The summed E-state index contributed by atoms with van der Waals surface area (Å²) in [7, 11) is 0. The molecule has 1 aliphatic heterocycles. The molecule has 2 unspecified atom stereocenters. The molecule has 7 heteroatoms. The molecule has 0 saturated carbocycles. The second-order valence-corrected chi connectivity index (χ2v) is 7.71. The maximum atomic E-state index is 12.7. The summed E-state index contributed by atoms with van der Waals surface area (Å²) in [6.07, 6.45) is 5.04. The summed E-state index contributed by atoms with van der Waals surface area (Å²) in [5.41, 5.74) is 2.17. The number of benzene rings is 1. The predicted octanol–water partition coefficient (Wildman–Crippen LogP) is 4.41. The van der Waals surface area contributed by atoms with Crippen LogP contribution in [0.5, 0.6) is 0 Å². The molecule has 164 valence electrons. The minimum absolute atomic E-state index is 0.0413. The minimum atomic E-state index is -0.253. The van der Waals surface area contributed by atoms with Crippen LogP contribution in [0.25, 0.3) is 0 Å².